The molecule has 0 spiro atoms. The molecule has 0 saturated heterocycles. The summed E-state index contributed by atoms with van der Waals surface area (Å²) in [6, 6.07) is 9.93. The topological polar surface area (TPSA) is 42.2 Å². The second kappa shape index (κ2) is 4.90. The summed E-state index contributed by atoms with van der Waals surface area (Å²) in [6.45, 7) is 0.711. The van der Waals surface area contributed by atoms with Crippen molar-refractivity contribution in [1.82, 2.24) is 9.97 Å². The van der Waals surface area contributed by atoms with Gasteiger partial charge in [-0.3, -0.25) is 4.98 Å². The Hall–Kier alpha value is -2.07. The molecule has 0 aliphatic carbocycles. The standard InChI is InChI=1S/C14H12ClN3O/c1-18(9-10-4-6-16-7-5-10)14-17-12-8-11(15)2-3-13(12)19-14/h2-8H,9H2,1H3. The summed E-state index contributed by atoms with van der Waals surface area (Å²) in [5.41, 5.74) is 2.66. The summed E-state index contributed by atoms with van der Waals surface area (Å²) < 4.78 is 5.70. The van der Waals surface area contributed by atoms with E-state index in [9.17, 15) is 0 Å². The minimum Gasteiger partial charge on any atom is -0.423 e. The molecule has 3 rings (SSSR count). The Morgan fingerprint density at radius 3 is 2.79 bits per heavy atom. The normalized spacial score (nSPS) is 10.8. The maximum absolute atomic E-state index is 5.94. The van der Waals surface area contributed by atoms with E-state index in [0.717, 1.165) is 16.7 Å². The average molecular weight is 274 g/mol. The monoisotopic (exact) mass is 273 g/mol. The number of hydrogen-bond donors (Lipinski definition) is 0. The smallest absolute Gasteiger partial charge is 0.298 e. The third kappa shape index (κ3) is 2.53. The molecule has 0 aliphatic heterocycles. The van der Waals surface area contributed by atoms with Gasteiger partial charge in [-0.25, -0.2) is 0 Å². The van der Waals surface area contributed by atoms with Gasteiger partial charge >= 0.3 is 0 Å². The molecule has 0 bridgehead atoms. The first kappa shape index (κ1) is 12.0. The van der Waals surface area contributed by atoms with Gasteiger partial charge in [-0.05, 0) is 35.9 Å². The van der Waals surface area contributed by atoms with Crippen LogP contribution < -0.4 is 4.90 Å². The third-order valence-corrected chi connectivity index (χ3v) is 3.07. The molecule has 96 valence electrons. The second-order valence-electron chi connectivity index (χ2n) is 4.32. The largest absolute Gasteiger partial charge is 0.423 e. The third-order valence-electron chi connectivity index (χ3n) is 2.83. The first-order chi connectivity index (χ1) is 9.22. The maximum atomic E-state index is 5.94. The number of rotatable bonds is 3. The molecule has 4 nitrogen and oxygen atoms in total. The van der Waals surface area contributed by atoms with Crippen molar-refractivity contribution in [2.24, 2.45) is 0 Å². The number of pyridine rings is 1. The van der Waals surface area contributed by atoms with Gasteiger partial charge in [-0.1, -0.05) is 11.6 Å². The predicted molar refractivity (Wildman–Crippen MR) is 75.4 cm³/mol. The van der Waals surface area contributed by atoms with Crippen LogP contribution in [0.1, 0.15) is 5.56 Å². The molecule has 1 aromatic carbocycles. The number of nitrogens with zero attached hydrogens (tertiary/aromatic N) is 3. The zero-order chi connectivity index (χ0) is 13.2. The zero-order valence-corrected chi connectivity index (χ0v) is 11.1. The first-order valence-corrected chi connectivity index (χ1v) is 6.26. The van der Waals surface area contributed by atoms with E-state index in [-0.39, 0.29) is 0 Å². The number of anilines is 1. The van der Waals surface area contributed by atoms with E-state index in [1.807, 2.05) is 30.1 Å². The molecule has 5 heteroatoms. The Morgan fingerprint density at radius 2 is 2.00 bits per heavy atom. The number of oxazole rings is 1. The van der Waals surface area contributed by atoms with Crippen LogP contribution in [0, 0.1) is 0 Å². The van der Waals surface area contributed by atoms with E-state index < -0.39 is 0 Å². The Balaban J connectivity index is 1.87. The summed E-state index contributed by atoms with van der Waals surface area (Å²) in [5, 5.41) is 0.657. The molecule has 0 N–H and O–H groups in total. The quantitative estimate of drug-likeness (QED) is 0.732. The van der Waals surface area contributed by atoms with Gasteiger partial charge in [0.2, 0.25) is 0 Å². The molecule has 0 atom stereocenters. The van der Waals surface area contributed by atoms with Crippen molar-refractivity contribution in [1.29, 1.82) is 0 Å². The molecule has 2 aromatic heterocycles. The number of aromatic nitrogens is 2. The van der Waals surface area contributed by atoms with Crippen molar-refractivity contribution >= 4 is 28.7 Å². The van der Waals surface area contributed by atoms with E-state index >= 15 is 0 Å². The number of hydrogen-bond acceptors (Lipinski definition) is 4. The van der Waals surface area contributed by atoms with Gasteiger partial charge in [0.05, 0.1) is 0 Å². The number of benzene rings is 1. The van der Waals surface area contributed by atoms with Gasteiger partial charge in [-0.15, -0.1) is 0 Å². The highest BCUT2D eigenvalue weighted by Gasteiger charge is 2.10. The minimum atomic E-state index is 0.578. The van der Waals surface area contributed by atoms with E-state index in [4.69, 9.17) is 16.0 Å². The molecule has 2 heterocycles. The van der Waals surface area contributed by atoms with Crippen molar-refractivity contribution in [3.8, 4) is 0 Å². The van der Waals surface area contributed by atoms with Crippen molar-refractivity contribution in [2.45, 2.75) is 6.54 Å². The van der Waals surface area contributed by atoms with E-state index in [2.05, 4.69) is 9.97 Å². The Bertz CT molecular complexity index is 696. The van der Waals surface area contributed by atoms with E-state index in [0.29, 0.717) is 17.6 Å². The molecule has 0 radical (unpaired) electrons. The van der Waals surface area contributed by atoms with Gasteiger partial charge in [0.15, 0.2) is 5.58 Å². The van der Waals surface area contributed by atoms with Crippen molar-refractivity contribution in [2.75, 3.05) is 11.9 Å². The van der Waals surface area contributed by atoms with Crippen LogP contribution >= 0.6 is 11.6 Å². The summed E-state index contributed by atoms with van der Waals surface area (Å²) in [7, 11) is 1.94. The summed E-state index contributed by atoms with van der Waals surface area (Å²) in [4.78, 5) is 10.4. The average Bonchev–Trinajstić information content (AvgIpc) is 2.83. The molecule has 0 aliphatic rings. The highest BCUT2D eigenvalue weighted by Crippen LogP contribution is 2.24. The predicted octanol–water partition coefficient (Wildman–Crippen LogP) is 3.51. The molecule has 0 saturated carbocycles. The number of fused-ring (bicyclic) bond motifs is 1. The fourth-order valence-corrected chi connectivity index (χ4v) is 2.05. The summed E-state index contributed by atoms with van der Waals surface area (Å²) in [6.07, 6.45) is 3.55. The highest BCUT2D eigenvalue weighted by atomic mass is 35.5. The molecule has 0 amide bonds. The Kier molecular flexibility index (Phi) is 3.09. The van der Waals surface area contributed by atoms with Gasteiger partial charge < -0.3 is 9.32 Å². The second-order valence-corrected chi connectivity index (χ2v) is 4.76. The molecule has 19 heavy (non-hydrogen) atoms. The maximum Gasteiger partial charge on any atom is 0.298 e. The lowest BCUT2D eigenvalue weighted by Gasteiger charge is -2.13. The Morgan fingerprint density at radius 1 is 1.21 bits per heavy atom. The lowest BCUT2D eigenvalue weighted by atomic mass is 10.2. The molecular formula is C14H12ClN3O. The number of halogens is 1. The van der Waals surface area contributed by atoms with Crippen molar-refractivity contribution < 1.29 is 4.42 Å². The van der Waals surface area contributed by atoms with Gasteiger partial charge in [0, 0.05) is 31.0 Å². The van der Waals surface area contributed by atoms with Crippen LogP contribution in [0.3, 0.4) is 0 Å². The highest BCUT2D eigenvalue weighted by molar-refractivity contribution is 6.31. The van der Waals surface area contributed by atoms with Crippen LogP contribution in [0.15, 0.2) is 47.1 Å². The van der Waals surface area contributed by atoms with Crippen LogP contribution in [0.4, 0.5) is 6.01 Å². The minimum absolute atomic E-state index is 0.578. The van der Waals surface area contributed by atoms with Crippen LogP contribution in [0.25, 0.3) is 11.1 Å². The van der Waals surface area contributed by atoms with Crippen molar-refractivity contribution in [3.05, 3.63) is 53.3 Å². The van der Waals surface area contributed by atoms with Crippen LogP contribution in [-0.4, -0.2) is 17.0 Å². The van der Waals surface area contributed by atoms with Crippen LogP contribution in [-0.2, 0) is 6.54 Å². The van der Waals surface area contributed by atoms with Crippen LogP contribution in [0.2, 0.25) is 5.02 Å². The van der Waals surface area contributed by atoms with Crippen LogP contribution in [0.5, 0.6) is 0 Å². The molecule has 0 unspecified atom stereocenters. The summed E-state index contributed by atoms with van der Waals surface area (Å²) in [5.74, 6) is 0. The first-order valence-electron chi connectivity index (χ1n) is 5.88. The van der Waals surface area contributed by atoms with Gasteiger partial charge in [-0.2, -0.15) is 4.98 Å². The molecular weight excluding hydrogens is 262 g/mol. The van der Waals surface area contributed by atoms with E-state index in [1.54, 1.807) is 24.5 Å². The Labute approximate surface area is 115 Å². The SMILES string of the molecule is CN(Cc1ccncc1)c1nc2cc(Cl)ccc2o1. The zero-order valence-electron chi connectivity index (χ0n) is 10.4. The lowest BCUT2D eigenvalue weighted by molar-refractivity contribution is 0.582. The molecule has 0 fully saturated rings. The van der Waals surface area contributed by atoms with Gasteiger partial charge in [0.25, 0.3) is 6.01 Å². The molecule has 3 aromatic rings. The van der Waals surface area contributed by atoms with Crippen molar-refractivity contribution in [3.63, 3.8) is 0 Å². The fraction of sp³-hybridized carbons (Fsp3) is 0.143. The fourth-order valence-electron chi connectivity index (χ4n) is 1.88. The van der Waals surface area contributed by atoms with E-state index in [1.165, 1.54) is 0 Å². The summed E-state index contributed by atoms with van der Waals surface area (Å²) >= 11 is 5.94. The lowest BCUT2D eigenvalue weighted by Crippen LogP contribution is -2.16. The van der Waals surface area contributed by atoms with Gasteiger partial charge in [0.1, 0.15) is 5.52 Å².